The number of anilines is 1. The van der Waals surface area contributed by atoms with E-state index in [2.05, 4.69) is 5.16 Å². The molecule has 0 unspecified atom stereocenters. The van der Waals surface area contributed by atoms with Gasteiger partial charge in [0.15, 0.2) is 5.76 Å². The van der Waals surface area contributed by atoms with Gasteiger partial charge < -0.3 is 15.4 Å². The normalized spacial score (nSPS) is 10.4. The van der Waals surface area contributed by atoms with Gasteiger partial charge in [0.1, 0.15) is 17.1 Å². The molecule has 0 saturated carbocycles. The molecule has 0 radical (unpaired) electrons. The molecule has 2 rings (SSSR count). The molecule has 1 aromatic heterocycles. The van der Waals surface area contributed by atoms with Crippen molar-refractivity contribution in [2.45, 2.75) is 6.92 Å². The minimum absolute atomic E-state index is 0.135. The van der Waals surface area contributed by atoms with Crippen LogP contribution in [0.25, 0.3) is 11.3 Å². The lowest BCUT2D eigenvalue weighted by molar-refractivity contribution is 0.422. The van der Waals surface area contributed by atoms with Gasteiger partial charge in [-0.25, -0.2) is 0 Å². The molecule has 14 heavy (non-hydrogen) atoms. The summed E-state index contributed by atoms with van der Waals surface area (Å²) in [5, 5.41) is 13.3. The number of hydrogen-bond acceptors (Lipinski definition) is 4. The molecule has 3 N–H and O–H groups in total. The molecular formula is C10H10N2O2. The highest BCUT2D eigenvalue weighted by Crippen LogP contribution is 2.33. The summed E-state index contributed by atoms with van der Waals surface area (Å²) in [4.78, 5) is 0. The number of nitrogen functional groups attached to an aromatic ring is 1. The number of rotatable bonds is 1. The lowest BCUT2D eigenvalue weighted by atomic mass is 10.1. The molecule has 1 aromatic carbocycles. The molecule has 0 spiro atoms. The number of aromatic nitrogens is 1. The summed E-state index contributed by atoms with van der Waals surface area (Å²) in [7, 11) is 0. The fourth-order valence-electron chi connectivity index (χ4n) is 1.24. The molecule has 0 atom stereocenters. The number of para-hydroxylation sites is 1. The van der Waals surface area contributed by atoms with Crippen LogP contribution < -0.4 is 5.73 Å². The van der Waals surface area contributed by atoms with Crippen LogP contribution in [0.3, 0.4) is 0 Å². The smallest absolute Gasteiger partial charge is 0.193 e. The van der Waals surface area contributed by atoms with E-state index >= 15 is 0 Å². The second-order valence-corrected chi connectivity index (χ2v) is 3.03. The molecule has 0 aliphatic rings. The monoisotopic (exact) mass is 190 g/mol. The number of phenols is 1. The Morgan fingerprint density at radius 2 is 2.07 bits per heavy atom. The number of hydrogen-bond donors (Lipinski definition) is 2. The fraction of sp³-hybridized carbons (Fsp3) is 0.100. The predicted molar refractivity (Wildman–Crippen MR) is 52.8 cm³/mol. The van der Waals surface area contributed by atoms with E-state index in [1.54, 1.807) is 31.2 Å². The fourth-order valence-corrected chi connectivity index (χ4v) is 1.24. The van der Waals surface area contributed by atoms with Crippen molar-refractivity contribution in [2.24, 2.45) is 0 Å². The zero-order chi connectivity index (χ0) is 10.1. The lowest BCUT2D eigenvalue weighted by Crippen LogP contribution is -1.88. The van der Waals surface area contributed by atoms with Crippen molar-refractivity contribution in [1.29, 1.82) is 0 Å². The predicted octanol–water partition coefficient (Wildman–Crippen LogP) is 1.94. The summed E-state index contributed by atoms with van der Waals surface area (Å²) in [6.45, 7) is 1.75. The Hall–Kier alpha value is -1.97. The van der Waals surface area contributed by atoms with Crippen molar-refractivity contribution in [1.82, 2.24) is 5.16 Å². The highest BCUT2D eigenvalue weighted by Gasteiger charge is 2.14. The van der Waals surface area contributed by atoms with Gasteiger partial charge in [-0.05, 0) is 19.1 Å². The maximum absolute atomic E-state index is 9.55. The Bertz CT molecular complexity index is 463. The summed E-state index contributed by atoms with van der Waals surface area (Å²) in [5.74, 6) is 0.552. The van der Waals surface area contributed by atoms with Gasteiger partial charge in [-0.1, -0.05) is 17.3 Å². The molecule has 0 aliphatic carbocycles. The number of benzene rings is 1. The van der Waals surface area contributed by atoms with Gasteiger partial charge in [0, 0.05) is 0 Å². The van der Waals surface area contributed by atoms with Crippen LogP contribution in [0.5, 0.6) is 5.75 Å². The average molecular weight is 190 g/mol. The zero-order valence-corrected chi connectivity index (χ0v) is 7.69. The minimum atomic E-state index is 0.135. The van der Waals surface area contributed by atoms with Gasteiger partial charge in [-0.2, -0.15) is 0 Å². The van der Waals surface area contributed by atoms with E-state index in [-0.39, 0.29) is 5.75 Å². The summed E-state index contributed by atoms with van der Waals surface area (Å²) >= 11 is 0. The largest absolute Gasteiger partial charge is 0.507 e. The van der Waals surface area contributed by atoms with E-state index in [1.807, 2.05) is 0 Å². The van der Waals surface area contributed by atoms with Crippen LogP contribution in [0.1, 0.15) is 5.69 Å². The Morgan fingerprint density at radius 1 is 1.36 bits per heavy atom. The Morgan fingerprint density at radius 3 is 2.64 bits per heavy atom. The van der Waals surface area contributed by atoms with Crippen molar-refractivity contribution in [3.8, 4) is 17.1 Å². The Balaban J connectivity index is 2.60. The Kier molecular flexibility index (Phi) is 1.89. The molecular weight excluding hydrogens is 180 g/mol. The highest BCUT2D eigenvalue weighted by molar-refractivity contribution is 5.76. The van der Waals surface area contributed by atoms with Gasteiger partial charge in [0.25, 0.3) is 0 Å². The van der Waals surface area contributed by atoms with E-state index in [0.717, 1.165) is 0 Å². The van der Waals surface area contributed by atoms with Crippen LogP contribution >= 0.6 is 0 Å². The molecule has 1 heterocycles. The molecule has 0 amide bonds. The standard InChI is InChI=1S/C10H10N2O2/c1-6-9(11)10(14-12-6)7-4-2-3-5-8(7)13/h2-5,13H,11H2,1H3. The number of nitrogens with two attached hydrogens (primary N) is 1. The molecule has 0 fully saturated rings. The van der Waals surface area contributed by atoms with E-state index in [1.165, 1.54) is 0 Å². The van der Waals surface area contributed by atoms with Crippen LogP contribution in [-0.4, -0.2) is 10.3 Å². The van der Waals surface area contributed by atoms with Crippen molar-refractivity contribution in [3.63, 3.8) is 0 Å². The molecule has 4 nitrogen and oxygen atoms in total. The lowest BCUT2D eigenvalue weighted by Gasteiger charge is -1.99. The molecule has 0 aliphatic heterocycles. The third-order valence-corrected chi connectivity index (χ3v) is 2.06. The number of aryl methyl sites for hydroxylation is 1. The van der Waals surface area contributed by atoms with Crippen molar-refractivity contribution >= 4 is 5.69 Å². The SMILES string of the molecule is Cc1noc(-c2ccccc2O)c1N. The van der Waals surface area contributed by atoms with E-state index in [9.17, 15) is 5.11 Å². The first-order chi connectivity index (χ1) is 6.70. The summed E-state index contributed by atoms with van der Waals surface area (Å²) in [6.07, 6.45) is 0. The topological polar surface area (TPSA) is 72.3 Å². The quantitative estimate of drug-likeness (QED) is 0.720. The van der Waals surface area contributed by atoms with E-state index in [0.29, 0.717) is 22.7 Å². The minimum Gasteiger partial charge on any atom is -0.507 e. The zero-order valence-electron chi connectivity index (χ0n) is 7.69. The van der Waals surface area contributed by atoms with Crippen LogP contribution in [0, 0.1) is 6.92 Å². The van der Waals surface area contributed by atoms with Crippen LogP contribution in [-0.2, 0) is 0 Å². The first-order valence-electron chi connectivity index (χ1n) is 4.20. The second-order valence-electron chi connectivity index (χ2n) is 3.03. The molecule has 4 heteroatoms. The van der Waals surface area contributed by atoms with Crippen molar-refractivity contribution in [3.05, 3.63) is 30.0 Å². The summed E-state index contributed by atoms with van der Waals surface area (Å²) in [5.41, 5.74) is 7.39. The van der Waals surface area contributed by atoms with Crippen LogP contribution in [0.15, 0.2) is 28.8 Å². The molecule has 2 aromatic rings. The molecule has 72 valence electrons. The highest BCUT2D eigenvalue weighted by atomic mass is 16.5. The summed E-state index contributed by atoms with van der Waals surface area (Å²) in [6, 6.07) is 6.84. The van der Waals surface area contributed by atoms with Gasteiger partial charge in [-0.3, -0.25) is 0 Å². The van der Waals surface area contributed by atoms with E-state index in [4.69, 9.17) is 10.3 Å². The Labute approximate surface area is 81.0 Å². The first-order valence-corrected chi connectivity index (χ1v) is 4.20. The third kappa shape index (κ3) is 1.21. The maximum atomic E-state index is 9.55. The third-order valence-electron chi connectivity index (χ3n) is 2.06. The average Bonchev–Trinajstić information content (AvgIpc) is 2.49. The summed E-state index contributed by atoms with van der Waals surface area (Å²) < 4.78 is 5.03. The number of nitrogens with zero attached hydrogens (tertiary/aromatic N) is 1. The maximum Gasteiger partial charge on any atom is 0.193 e. The second kappa shape index (κ2) is 3.06. The van der Waals surface area contributed by atoms with Crippen LogP contribution in [0.4, 0.5) is 5.69 Å². The van der Waals surface area contributed by atoms with E-state index < -0.39 is 0 Å². The number of aromatic hydroxyl groups is 1. The van der Waals surface area contributed by atoms with Gasteiger partial charge >= 0.3 is 0 Å². The van der Waals surface area contributed by atoms with Gasteiger partial charge in [0.2, 0.25) is 0 Å². The first kappa shape index (κ1) is 8.62. The van der Waals surface area contributed by atoms with Gasteiger partial charge in [-0.15, -0.1) is 0 Å². The molecule has 0 saturated heterocycles. The van der Waals surface area contributed by atoms with Crippen LogP contribution in [0.2, 0.25) is 0 Å². The van der Waals surface area contributed by atoms with Crippen molar-refractivity contribution in [2.75, 3.05) is 5.73 Å². The number of phenolic OH excluding ortho intramolecular Hbond substituents is 1. The van der Waals surface area contributed by atoms with Crippen molar-refractivity contribution < 1.29 is 9.63 Å². The molecule has 0 bridgehead atoms. The van der Waals surface area contributed by atoms with Gasteiger partial charge in [0.05, 0.1) is 5.56 Å².